The predicted molar refractivity (Wildman–Crippen MR) is 215 cm³/mol. The summed E-state index contributed by atoms with van der Waals surface area (Å²) >= 11 is 0. The Hall–Kier alpha value is -3.97. The number of benzene rings is 2. The van der Waals surface area contributed by atoms with E-state index in [2.05, 4.69) is 112 Å². The Morgan fingerprint density at radius 3 is 2.21 bits per heavy atom. The number of para-hydroxylation sites is 1. The molecule has 0 amide bonds. The average molecular weight is 886 g/mol. The Morgan fingerprint density at radius 1 is 0.846 bits per heavy atom. The third-order valence-corrected chi connectivity index (χ3v) is 12.2. The second-order valence-corrected chi connectivity index (χ2v) is 21.2. The number of furan rings is 1. The summed E-state index contributed by atoms with van der Waals surface area (Å²) in [4.78, 5) is 19.0. The number of imidazole rings is 1. The molecule has 5 aromatic heterocycles. The first-order valence-electron chi connectivity index (χ1n) is 18.2. The van der Waals surface area contributed by atoms with Crippen LogP contribution in [0.3, 0.4) is 0 Å². The summed E-state index contributed by atoms with van der Waals surface area (Å²) in [5, 5.41) is 2.51. The van der Waals surface area contributed by atoms with Gasteiger partial charge in [-0.2, -0.15) is 0 Å². The van der Waals surface area contributed by atoms with Crippen LogP contribution < -0.4 is 5.19 Å². The topological polar surface area (TPSA) is 69.6 Å². The molecule has 0 saturated heterocycles. The molecule has 0 N–H and O–H groups in total. The normalized spacial score (nSPS) is 12.2. The van der Waals surface area contributed by atoms with Crippen molar-refractivity contribution < 1.29 is 24.5 Å². The van der Waals surface area contributed by atoms with Crippen LogP contribution in [-0.2, 0) is 32.1 Å². The van der Waals surface area contributed by atoms with Gasteiger partial charge in [-0.3, -0.25) is 9.97 Å². The zero-order valence-corrected chi connectivity index (χ0v) is 35.9. The van der Waals surface area contributed by atoms with Crippen molar-refractivity contribution in [2.45, 2.75) is 99.8 Å². The van der Waals surface area contributed by atoms with Crippen molar-refractivity contribution in [2.75, 3.05) is 0 Å². The Bertz CT molecular complexity index is 2330. The van der Waals surface area contributed by atoms with E-state index in [4.69, 9.17) is 14.4 Å². The first-order valence-corrected chi connectivity index (χ1v) is 21.7. The van der Waals surface area contributed by atoms with Crippen LogP contribution >= 0.6 is 0 Å². The van der Waals surface area contributed by atoms with Crippen molar-refractivity contribution in [3.05, 3.63) is 102 Å². The van der Waals surface area contributed by atoms with Crippen molar-refractivity contribution in [1.29, 1.82) is 0 Å². The molecule has 0 unspecified atom stereocenters. The Labute approximate surface area is 323 Å². The van der Waals surface area contributed by atoms with Gasteiger partial charge < -0.3 is 19.0 Å². The molecular weight excluding hydrogens is 835 g/mol. The van der Waals surface area contributed by atoms with Crippen molar-refractivity contribution >= 4 is 46.4 Å². The van der Waals surface area contributed by atoms with Gasteiger partial charge in [0.05, 0.1) is 36.2 Å². The van der Waals surface area contributed by atoms with Crippen LogP contribution in [0.1, 0.15) is 71.3 Å². The van der Waals surface area contributed by atoms with E-state index in [9.17, 15) is 0 Å². The van der Waals surface area contributed by atoms with Gasteiger partial charge in [-0.05, 0) is 75.7 Å². The molecule has 8 heteroatoms. The molecule has 6 nitrogen and oxygen atoms in total. The summed E-state index contributed by atoms with van der Waals surface area (Å²) < 4.78 is 8.25. The molecule has 0 aliphatic rings. The molecule has 273 valence electrons. The smallest absolute Gasteiger partial charge is 0.125 e. The Morgan fingerprint density at radius 2 is 1.56 bits per heavy atom. The number of rotatable bonds is 7. The standard InChI is InChI=1S/C23H21N4O.C21H30NSi.Ir/c1-13-10-17-21(14(2)25-13)27(23(3,4)5)22(26-17)15-11-19-20(24-12-15)16-8-6-7-9-18(16)28-19;1-7-21(3,8-2)15-18-14-19(17-12-10-9-11-13-17)22-16-20(18)23(4,5)6;/h6-11H,1-5H3;9-12,14,16H,7-8,15H2,1-6H3;/q2*-1;. The largest absolute Gasteiger partial charge is 0.475 e. The molecular formula is C44H51IrN5OSi-2. The molecule has 1 radical (unpaired) electrons. The van der Waals surface area contributed by atoms with E-state index in [0.29, 0.717) is 5.41 Å². The second-order valence-electron chi connectivity index (χ2n) is 16.2. The molecule has 52 heavy (non-hydrogen) atoms. The number of aromatic nitrogens is 5. The molecule has 0 spiro atoms. The van der Waals surface area contributed by atoms with E-state index in [1.807, 2.05) is 62.4 Å². The average Bonchev–Trinajstić information content (AvgIpc) is 3.67. The maximum absolute atomic E-state index is 6.03. The third kappa shape index (κ3) is 8.00. The first-order chi connectivity index (χ1) is 24.1. The molecule has 0 bridgehead atoms. The van der Waals surface area contributed by atoms with Crippen molar-refractivity contribution in [1.82, 2.24) is 24.5 Å². The first kappa shape index (κ1) is 39.2. The van der Waals surface area contributed by atoms with Gasteiger partial charge in [0, 0.05) is 48.4 Å². The van der Waals surface area contributed by atoms with Crippen LogP contribution in [0.5, 0.6) is 0 Å². The summed E-state index contributed by atoms with van der Waals surface area (Å²) in [6.07, 6.45) is 8.91. The van der Waals surface area contributed by atoms with Crippen LogP contribution in [0.15, 0.2) is 77.3 Å². The van der Waals surface area contributed by atoms with E-state index in [1.165, 1.54) is 23.6 Å². The minimum Gasteiger partial charge on any atom is -0.475 e. The van der Waals surface area contributed by atoms with Crippen molar-refractivity contribution in [3.63, 3.8) is 0 Å². The Balaban J connectivity index is 0.000000202. The molecule has 2 aromatic carbocycles. The molecule has 7 aromatic rings. The second kappa shape index (κ2) is 15.2. The summed E-state index contributed by atoms with van der Waals surface area (Å²) in [6, 6.07) is 25.7. The monoisotopic (exact) mass is 886 g/mol. The molecule has 0 atom stereocenters. The van der Waals surface area contributed by atoms with Crippen molar-refractivity contribution in [2.24, 2.45) is 5.41 Å². The van der Waals surface area contributed by atoms with Crippen molar-refractivity contribution in [3.8, 4) is 22.6 Å². The SMILES string of the molecule is CCC(C)(CC)Cc1cc(-c2[c-]cccc2)ncc1[Si](C)(C)C.Cc1cc2nc(-c3[c-]nc4c(c3)oc3ccccc34)n(C(C)(C)C)c2c(C)n1.[Ir]. The minimum atomic E-state index is -1.40. The summed E-state index contributed by atoms with van der Waals surface area (Å²) in [7, 11) is -1.40. The summed E-state index contributed by atoms with van der Waals surface area (Å²) in [5.41, 5.74) is 11.0. The van der Waals surface area contributed by atoms with Gasteiger partial charge in [0.25, 0.3) is 0 Å². The number of hydrogen-bond donors (Lipinski definition) is 0. The predicted octanol–water partition coefficient (Wildman–Crippen LogP) is 11.0. The maximum atomic E-state index is 6.03. The van der Waals surface area contributed by atoms with E-state index in [-0.39, 0.29) is 25.6 Å². The molecule has 0 aliphatic carbocycles. The van der Waals surface area contributed by atoms with Crippen LogP contribution in [0.25, 0.3) is 55.7 Å². The number of pyridine rings is 3. The van der Waals surface area contributed by atoms with Gasteiger partial charge in [-0.15, -0.1) is 35.9 Å². The van der Waals surface area contributed by atoms with Gasteiger partial charge in [0.1, 0.15) is 5.58 Å². The minimum absolute atomic E-state index is 0. The van der Waals surface area contributed by atoms with Gasteiger partial charge in [0.2, 0.25) is 0 Å². The van der Waals surface area contributed by atoms with E-state index >= 15 is 0 Å². The van der Waals surface area contributed by atoms with Crippen LogP contribution in [0.2, 0.25) is 19.6 Å². The van der Waals surface area contributed by atoms with E-state index in [1.54, 1.807) is 0 Å². The maximum Gasteiger partial charge on any atom is 0.125 e. The van der Waals surface area contributed by atoms with Gasteiger partial charge >= 0.3 is 0 Å². The zero-order valence-electron chi connectivity index (χ0n) is 32.5. The van der Waals surface area contributed by atoms with Gasteiger partial charge in [-0.25, -0.2) is 0 Å². The third-order valence-electron chi connectivity index (χ3n) is 10.1. The number of hydrogen-bond acceptors (Lipinski definition) is 5. The molecule has 0 fully saturated rings. The number of fused-ring (bicyclic) bond motifs is 4. The van der Waals surface area contributed by atoms with Gasteiger partial charge in [0.15, 0.2) is 0 Å². The fourth-order valence-corrected chi connectivity index (χ4v) is 8.48. The quantitative estimate of drug-likeness (QED) is 0.118. The molecule has 0 saturated carbocycles. The van der Waals surface area contributed by atoms with Crippen LogP contribution in [0.4, 0.5) is 0 Å². The van der Waals surface area contributed by atoms with Crippen LogP contribution in [-0.4, -0.2) is 32.6 Å². The Kier molecular flexibility index (Phi) is 11.5. The van der Waals surface area contributed by atoms with Gasteiger partial charge in [-0.1, -0.05) is 94.7 Å². The van der Waals surface area contributed by atoms with E-state index in [0.717, 1.165) is 73.6 Å². The summed E-state index contributed by atoms with van der Waals surface area (Å²) in [5.74, 6) is 0.827. The number of aryl methyl sites for hydroxylation is 2. The van der Waals surface area contributed by atoms with E-state index < -0.39 is 8.07 Å². The fraction of sp³-hybridized carbons (Fsp3) is 0.364. The molecule has 0 aliphatic heterocycles. The van der Waals surface area contributed by atoms with Crippen LogP contribution in [0, 0.1) is 31.5 Å². The molecule has 7 rings (SSSR count). The molecule has 5 heterocycles. The fourth-order valence-electron chi connectivity index (χ4n) is 6.90. The summed E-state index contributed by atoms with van der Waals surface area (Å²) in [6.45, 7) is 24.8. The number of nitrogens with zero attached hydrogens (tertiary/aromatic N) is 5. The zero-order chi connectivity index (χ0) is 36.7.